The molecule has 0 aromatic carbocycles. The highest BCUT2D eigenvalue weighted by Crippen LogP contribution is 2.13. The van der Waals surface area contributed by atoms with E-state index in [4.69, 9.17) is 0 Å². The van der Waals surface area contributed by atoms with Crippen LogP contribution in [-0.4, -0.2) is 14.5 Å². The Kier molecular flexibility index (Phi) is 2.31. The third kappa shape index (κ3) is 1.41. The van der Waals surface area contributed by atoms with Gasteiger partial charge < -0.3 is 0 Å². The van der Waals surface area contributed by atoms with E-state index in [0.29, 0.717) is 0 Å². The average molecular weight is 187 g/mol. The summed E-state index contributed by atoms with van der Waals surface area (Å²) in [4.78, 5) is 8.41. The van der Waals surface area contributed by atoms with Crippen molar-refractivity contribution < 1.29 is 0 Å². The van der Waals surface area contributed by atoms with Gasteiger partial charge in [-0.15, -0.1) is 0 Å². The van der Waals surface area contributed by atoms with Crippen molar-refractivity contribution in [3.63, 3.8) is 0 Å². The van der Waals surface area contributed by atoms with Gasteiger partial charge in [0.05, 0.1) is 11.9 Å². The molecule has 72 valence electrons. The lowest BCUT2D eigenvalue weighted by molar-refractivity contribution is 0.889. The first-order valence-corrected chi connectivity index (χ1v) is 4.76. The van der Waals surface area contributed by atoms with Crippen molar-refractivity contribution in [1.82, 2.24) is 14.5 Å². The summed E-state index contributed by atoms with van der Waals surface area (Å²) < 4.78 is 2.13. The summed E-state index contributed by atoms with van der Waals surface area (Å²) in [5, 5.41) is 0. The van der Waals surface area contributed by atoms with Crippen molar-refractivity contribution in [3.05, 3.63) is 42.2 Å². The van der Waals surface area contributed by atoms with Crippen LogP contribution in [0.1, 0.15) is 18.4 Å². The molecular weight excluding hydrogens is 174 g/mol. The van der Waals surface area contributed by atoms with Crippen molar-refractivity contribution >= 4 is 0 Å². The molecule has 0 bridgehead atoms. The molecule has 0 aliphatic carbocycles. The fraction of sp³-hybridized carbons (Fsp3) is 0.273. The lowest BCUT2D eigenvalue weighted by Gasteiger charge is -2.07. The number of aryl methyl sites for hydroxylation is 2. The predicted molar refractivity (Wildman–Crippen MR) is 55.5 cm³/mol. The maximum atomic E-state index is 4.30. The molecule has 0 fully saturated rings. The van der Waals surface area contributed by atoms with Crippen LogP contribution < -0.4 is 0 Å². The highest BCUT2D eigenvalue weighted by Gasteiger charge is 2.05. The Labute approximate surface area is 83.4 Å². The quantitative estimate of drug-likeness (QED) is 0.721. The van der Waals surface area contributed by atoms with Crippen LogP contribution in [0.3, 0.4) is 0 Å². The standard InChI is InChI=1S/C11H13N3/c1-3-10-8-13-9(2)14(10)11-5-4-6-12-7-11/h4-8H,3H2,1-2H3. The summed E-state index contributed by atoms with van der Waals surface area (Å²) in [5.74, 6) is 1.01. The zero-order valence-electron chi connectivity index (χ0n) is 8.44. The summed E-state index contributed by atoms with van der Waals surface area (Å²) in [5.41, 5.74) is 2.30. The van der Waals surface area contributed by atoms with Crippen LogP contribution >= 0.6 is 0 Å². The molecule has 3 heteroatoms. The van der Waals surface area contributed by atoms with Crippen LogP contribution in [0.15, 0.2) is 30.7 Å². The van der Waals surface area contributed by atoms with Gasteiger partial charge in [0.15, 0.2) is 0 Å². The lowest BCUT2D eigenvalue weighted by atomic mass is 10.3. The summed E-state index contributed by atoms with van der Waals surface area (Å²) >= 11 is 0. The second-order valence-electron chi connectivity index (χ2n) is 3.20. The molecule has 0 unspecified atom stereocenters. The molecule has 0 atom stereocenters. The molecule has 0 saturated carbocycles. The van der Waals surface area contributed by atoms with E-state index in [9.17, 15) is 0 Å². The first-order chi connectivity index (χ1) is 6.83. The molecule has 2 aromatic heterocycles. The smallest absolute Gasteiger partial charge is 0.110 e. The van der Waals surface area contributed by atoms with Crippen molar-refractivity contribution in [2.45, 2.75) is 20.3 Å². The minimum Gasteiger partial charge on any atom is -0.299 e. The highest BCUT2D eigenvalue weighted by atomic mass is 15.1. The summed E-state index contributed by atoms with van der Waals surface area (Å²) in [6.07, 6.45) is 6.54. The van der Waals surface area contributed by atoms with Crippen LogP contribution in [-0.2, 0) is 6.42 Å². The van der Waals surface area contributed by atoms with Crippen molar-refractivity contribution in [3.8, 4) is 5.69 Å². The molecule has 0 aliphatic rings. The average Bonchev–Trinajstić information content (AvgIpc) is 2.61. The molecule has 0 saturated heterocycles. The molecule has 0 aliphatic heterocycles. The van der Waals surface area contributed by atoms with Gasteiger partial charge in [-0.2, -0.15) is 0 Å². The monoisotopic (exact) mass is 187 g/mol. The fourth-order valence-corrected chi connectivity index (χ4v) is 1.58. The number of imidazole rings is 1. The van der Waals surface area contributed by atoms with Crippen LogP contribution in [0.5, 0.6) is 0 Å². The van der Waals surface area contributed by atoms with Crippen LogP contribution in [0.4, 0.5) is 0 Å². The summed E-state index contributed by atoms with van der Waals surface area (Å²) in [7, 11) is 0. The molecule has 14 heavy (non-hydrogen) atoms. The second-order valence-corrected chi connectivity index (χ2v) is 3.20. The number of rotatable bonds is 2. The van der Waals surface area contributed by atoms with E-state index in [0.717, 1.165) is 17.9 Å². The van der Waals surface area contributed by atoms with E-state index < -0.39 is 0 Å². The first-order valence-electron chi connectivity index (χ1n) is 4.76. The number of nitrogens with zero attached hydrogens (tertiary/aromatic N) is 3. The van der Waals surface area contributed by atoms with E-state index in [-0.39, 0.29) is 0 Å². The van der Waals surface area contributed by atoms with Gasteiger partial charge in [0.25, 0.3) is 0 Å². The summed E-state index contributed by atoms with van der Waals surface area (Å²) in [6, 6.07) is 3.98. The van der Waals surface area contributed by atoms with Gasteiger partial charge in [0, 0.05) is 18.1 Å². The first kappa shape index (κ1) is 8.94. The van der Waals surface area contributed by atoms with Gasteiger partial charge in [0.2, 0.25) is 0 Å². The molecule has 2 rings (SSSR count). The molecule has 0 spiro atoms. The van der Waals surface area contributed by atoms with E-state index in [1.165, 1.54) is 5.69 Å². The van der Waals surface area contributed by atoms with E-state index in [1.807, 2.05) is 31.5 Å². The molecule has 0 amide bonds. The van der Waals surface area contributed by atoms with Gasteiger partial charge in [-0.25, -0.2) is 4.98 Å². The topological polar surface area (TPSA) is 30.7 Å². The Bertz CT molecular complexity index is 417. The predicted octanol–water partition coefficient (Wildman–Crippen LogP) is 2.14. The third-order valence-electron chi connectivity index (χ3n) is 2.28. The second kappa shape index (κ2) is 3.62. The van der Waals surface area contributed by atoms with E-state index in [2.05, 4.69) is 21.5 Å². The lowest BCUT2D eigenvalue weighted by Crippen LogP contribution is -2.01. The van der Waals surface area contributed by atoms with Crippen molar-refractivity contribution in [1.29, 1.82) is 0 Å². The Balaban J connectivity index is 2.55. The molecule has 2 aromatic rings. The Hall–Kier alpha value is -1.64. The van der Waals surface area contributed by atoms with Crippen LogP contribution in [0.2, 0.25) is 0 Å². The number of hydrogen-bond acceptors (Lipinski definition) is 2. The molecule has 0 N–H and O–H groups in total. The Morgan fingerprint density at radius 2 is 2.21 bits per heavy atom. The number of pyridine rings is 1. The van der Waals surface area contributed by atoms with E-state index >= 15 is 0 Å². The molecule has 2 heterocycles. The minimum absolute atomic E-state index is 0.982. The maximum absolute atomic E-state index is 4.30. The van der Waals surface area contributed by atoms with Gasteiger partial charge in [-0.3, -0.25) is 9.55 Å². The third-order valence-corrected chi connectivity index (χ3v) is 2.28. The van der Waals surface area contributed by atoms with Gasteiger partial charge in [0.1, 0.15) is 5.82 Å². The van der Waals surface area contributed by atoms with Crippen LogP contribution in [0.25, 0.3) is 5.69 Å². The SMILES string of the molecule is CCc1cnc(C)n1-c1cccnc1. The van der Waals surface area contributed by atoms with Gasteiger partial charge >= 0.3 is 0 Å². The van der Waals surface area contributed by atoms with Crippen molar-refractivity contribution in [2.75, 3.05) is 0 Å². The molecule has 0 radical (unpaired) electrons. The highest BCUT2D eigenvalue weighted by molar-refractivity contribution is 5.32. The normalized spacial score (nSPS) is 10.4. The molecular formula is C11H13N3. The Morgan fingerprint density at radius 1 is 1.36 bits per heavy atom. The van der Waals surface area contributed by atoms with Gasteiger partial charge in [-0.1, -0.05) is 6.92 Å². The van der Waals surface area contributed by atoms with Crippen molar-refractivity contribution in [2.24, 2.45) is 0 Å². The number of hydrogen-bond donors (Lipinski definition) is 0. The largest absolute Gasteiger partial charge is 0.299 e. The van der Waals surface area contributed by atoms with Gasteiger partial charge in [-0.05, 0) is 25.5 Å². The zero-order chi connectivity index (χ0) is 9.97. The number of aromatic nitrogens is 3. The Morgan fingerprint density at radius 3 is 2.86 bits per heavy atom. The maximum Gasteiger partial charge on any atom is 0.110 e. The zero-order valence-corrected chi connectivity index (χ0v) is 8.44. The fourth-order valence-electron chi connectivity index (χ4n) is 1.58. The van der Waals surface area contributed by atoms with E-state index in [1.54, 1.807) is 6.20 Å². The minimum atomic E-state index is 0.982. The van der Waals surface area contributed by atoms with Crippen LogP contribution in [0, 0.1) is 6.92 Å². The summed E-state index contributed by atoms with van der Waals surface area (Å²) in [6.45, 7) is 4.13. The molecule has 3 nitrogen and oxygen atoms in total.